The summed E-state index contributed by atoms with van der Waals surface area (Å²) >= 11 is 6.49. The zero-order chi connectivity index (χ0) is 31.2. The number of nitrogens with zero attached hydrogens (tertiary/aromatic N) is 4. The van der Waals surface area contributed by atoms with Gasteiger partial charge in [0, 0.05) is 31.4 Å². The monoisotopic (exact) mass is 631 g/mol. The number of benzene rings is 2. The smallest absolute Gasteiger partial charge is 0.416 e. The van der Waals surface area contributed by atoms with Crippen LogP contribution in [0.5, 0.6) is 0 Å². The molecule has 0 amide bonds. The Morgan fingerprint density at radius 2 is 1.79 bits per heavy atom. The van der Waals surface area contributed by atoms with Gasteiger partial charge in [0.05, 0.1) is 16.3 Å². The van der Waals surface area contributed by atoms with E-state index in [9.17, 15) is 21.6 Å². The van der Waals surface area contributed by atoms with Crippen molar-refractivity contribution in [1.29, 1.82) is 0 Å². The molecule has 1 saturated carbocycles. The lowest BCUT2D eigenvalue weighted by molar-refractivity contribution is -0.137. The van der Waals surface area contributed by atoms with Gasteiger partial charge in [0.1, 0.15) is 22.9 Å². The number of rotatable bonds is 7. The molecule has 4 rings (SSSR count). The van der Waals surface area contributed by atoms with Crippen LogP contribution in [0.15, 0.2) is 59.9 Å². The van der Waals surface area contributed by atoms with Crippen LogP contribution < -0.4 is 9.62 Å². The van der Waals surface area contributed by atoms with Crippen molar-refractivity contribution in [2.75, 3.05) is 30.8 Å². The molecule has 3 atom stereocenters. The molecule has 3 aromatic rings. The van der Waals surface area contributed by atoms with Crippen molar-refractivity contribution in [3.63, 3.8) is 0 Å². The maximum Gasteiger partial charge on any atom is 0.416 e. The van der Waals surface area contributed by atoms with E-state index in [1.54, 1.807) is 13.1 Å². The third-order valence-electron chi connectivity index (χ3n) is 7.12. The molecule has 0 bridgehead atoms. The highest BCUT2D eigenvalue weighted by molar-refractivity contribution is 7.92. The number of carbonyl (C=O) groups is 1. The van der Waals surface area contributed by atoms with Crippen LogP contribution >= 0.6 is 11.6 Å². The normalized spacial score (nSPS) is 19.0. The van der Waals surface area contributed by atoms with Gasteiger partial charge in [-0.2, -0.15) is 13.2 Å². The summed E-state index contributed by atoms with van der Waals surface area (Å²) in [7, 11) is 1.20. The minimum Gasteiger partial charge on any atom is -0.483 e. The second-order valence-electron chi connectivity index (χ2n) is 9.88. The lowest BCUT2D eigenvalue weighted by Gasteiger charge is -2.45. The molecule has 1 heterocycles. The Bertz CT molecular complexity index is 1480. The SMILES string of the molecule is CN(C)[C@H]1C[C@@H](c2cccc(C(F)(F)F)c2)CC[C@@H]1N(C)c1cc(F)c(S(=O)(=O)Nc2ccncn2)cc1Cl.O=CO. The van der Waals surface area contributed by atoms with Crippen LogP contribution in [0.1, 0.15) is 36.3 Å². The Labute approximate surface area is 246 Å². The van der Waals surface area contributed by atoms with E-state index in [1.165, 1.54) is 24.4 Å². The molecule has 0 spiro atoms. The first-order chi connectivity index (χ1) is 19.7. The maximum absolute atomic E-state index is 15.2. The molecule has 15 heteroatoms. The number of nitrogens with one attached hydrogen (secondary N) is 1. The third-order valence-corrected chi connectivity index (χ3v) is 8.79. The highest BCUT2D eigenvalue weighted by Crippen LogP contribution is 2.41. The minimum absolute atomic E-state index is 0.0203. The number of halogens is 5. The standard InChI is InChI=1S/C26H28ClF4N5O2S.CH2O2/c1-35(2)23-12-17(16-5-4-6-18(11-16)26(29,30)31)7-8-21(23)36(3)22-14-20(28)24(13-19(22)27)39(37,38)34-25-9-10-32-15-33-25;2-1-3/h4-6,9-11,13-15,17,21,23H,7-8,12H2,1-3H3,(H,32,33,34);1H,(H,2,3)/t17-,21-,23-;/m0./s1. The van der Waals surface area contributed by atoms with Gasteiger partial charge in [0.15, 0.2) is 0 Å². The first kappa shape index (κ1) is 33.0. The fraction of sp³-hybridized carbons (Fsp3) is 0.370. The topological polar surface area (TPSA) is 116 Å². The highest BCUT2D eigenvalue weighted by Gasteiger charge is 2.37. The average Bonchev–Trinajstić information content (AvgIpc) is 2.93. The molecular weight excluding hydrogens is 602 g/mol. The van der Waals surface area contributed by atoms with E-state index in [2.05, 4.69) is 14.7 Å². The van der Waals surface area contributed by atoms with Crippen LogP contribution in [0, 0.1) is 5.82 Å². The molecule has 42 heavy (non-hydrogen) atoms. The van der Waals surface area contributed by atoms with Crippen molar-refractivity contribution in [3.8, 4) is 0 Å². The van der Waals surface area contributed by atoms with Gasteiger partial charge < -0.3 is 14.9 Å². The van der Waals surface area contributed by atoms with E-state index < -0.39 is 32.5 Å². The number of carboxylic acid groups (broad SMARTS) is 1. The van der Waals surface area contributed by atoms with Crippen LogP contribution in [-0.2, 0) is 21.0 Å². The van der Waals surface area contributed by atoms with Gasteiger partial charge in [-0.25, -0.2) is 22.8 Å². The van der Waals surface area contributed by atoms with E-state index in [0.29, 0.717) is 30.5 Å². The third kappa shape index (κ3) is 7.86. The number of likely N-dealkylation sites (N-methyl/N-ethyl adjacent to an activating group) is 2. The van der Waals surface area contributed by atoms with E-state index in [1.807, 2.05) is 23.9 Å². The summed E-state index contributed by atoms with van der Waals surface area (Å²) in [5, 5.41) is 6.93. The Kier molecular flexibility index (Phi) is 10.7. The average molecular weight is 632 g/mol. The molecule has 228 valence electrons. The summed E-state index contributed by atoms with van der Waals surface area (Å²) < 4.78 is 82.8. The number of anilines is 2. The predicted octanol–water partition coefficient (Wildman–Crippen LogP) is 5.49. The van der Waals surface area contributed by atoms with E-state index >= 15 is 4.39 Å². The molecule has 1 aliphatic carbocycles. The predicted molar refractivity (Wildman–Crippen MR) is 151 cm³/mol. The molecule has 0 radical (unpaired) electrons. The van der Waals surface area contributed by atoms with E-state index in [-0.39, 0.29) is 35.3 Å². The Morgan fingerprint density at radius 1 is 1.10 bits per heavy atom. The number of aromatic nitrogens is 2. The number of hydrogen-bond donors (Lipinski definition) is 2. The summed E-state index contributed by atoms with van der Waals surface area (Å²) in [6.07, 6.45) is -0.112. The van der Waals surface area contributed by atoms with Crippen molar-refractivity contribution < 1.29 is 35.9 Å². The first-order valence-corrected chi connectivity index (χ1v) is 14.5. The van der Waals surface area contributed by atoms with Crippen LogP contribution in [0.3, 0.4) is 0 Å². The van der Waals surface area contributed by atoms with Gasteiger partial charge in [-0.05, 0) is 63.0 Å². The quantitative estimate of drug-likeness (QED) is 0.260. The van der Waals surface area contributed by atoms with Gasteiger partial charge in [0.2, 0.25) is 0 Å². The van der Waals surface area contributed by atoms with Gasteiger partial charge in [0.25, 0.3) is 16.5 Å². The lowest BCUT2D eigenvalue weighted by Crippen LogP contribution is -2.51. The van der Waals surface area contributed by atoms with E-state index in [0.717, 1.165) is 24.5 Å². The van der Waals surface area contributed by atoms with Gasteiger partial charge in [-0.1, -0.05) is 29.8 Å². The van der Waals surface area contributed by atoms with Crippen molar-refractivity contribution in [2.24, 2.45) is 0 Å². The molecule has 0 saturated heterocycles. The highest BCUT2D eigenvalue weighted by atomic mass is 35.5. The van der Waals surface area contributed by atoms with Crippen molar-refractivity contribution in [2.45, 2.75) is 48.3 Å². The van der Waals surface area contributed by atoms with E-state index in [4.69, 9.17) is 21.5 Å². The summed E-state index contributed by atoms with van der Waals surface area (Å²) in [6.45, 7) is -0.250. The number of sulfonamides is 1. The minimum atomic E-state index is -4.42. The van der Waals surface area contributed by atoms with Crippen molar-refractivity contribution in [3.05, 3.63) is 77.0 Å². The van der Waals surface area contributed by atoms with Crippen LogP contribution in [-0.4, -0.2) is 68.1 Å². The molecule has 2 N–H and O–H groups in total. The maximum atomic E-state index is 15.2. The Morgan fingerprint density at radius 3 is 2.38 bits per heavy atom. The summed E-state index contributed by atoms with van der Waals surface area (Å²) in [5.41, 5.74) is 0.268. The molecule has 1 aliphatic rings. The van der Waals surface area contributed by atoms with Gasteiger partial charge in [-0.3, -0.25) is 9.52 Å². The Hall–Kier alpha value is -3.49. The molecule has 0 aliphatic heterocycles. The molecule has 0 unspecified atom stereocenters. The van der Waals surface area contributed by atoms with Gasteiger partial charge >= 0.3 is 6.18 Å². The fourth-order valence-corrected chi connectivity index (χ4v) is 6.58. The zero-order valence-corrected chi connectivity index (χ0v) is 24.5. The molecular formula is C27H30ClF4N5O4S. The summed E-state index contributed by atoms with van der Waals surface area (Å²) in [6, 6.07) is 8.66. The van der Waals surface area contributed by atoms with Crippen molar-refractivity contribution >= 4 is 39.6 Å². The molecule has 2 aromatic carbocycles. The second kappa shape index (κ2) is 13.7. The van der Waals surface area contributed by atoms with Crippen molar-refractivity contribution in [1.82, 2.24) is 14.9 Å². The Balaban J connectivity index is 0.00000155. The zero-order valence-electron chi connectivity index (χ0n) is 22.9. The summed E-state index contributed by atoms with van der Waals surface area (Å²) in [4.78, 5) is 19.1. The summed E-state index contributed by atoms with van der Waals surface area (Å²) in [5.74, 6) is -1.09. The van der Waals surface area contributed by atoms with Gasteiger partial charge in [-0.15, -0.1) is 0 Å². The van der Waals surface area contributed by atoms with Crippen LogP contribution in [0.2, 0.25) is 5.02 Å². The lowest BCUT2D eigenvalue weighted by atomic mass is 9.77. The first-order valence-electron chi connectivity index (χ1n) is 12.6. The molecule has 1 fully saturated rings. The van der Waals surface area contributed by atoms with Crippen LogP contribution in [0.25, 0.3) is 0 Å². The second-order valence-corrected chi connectivity index (χ2v) is 11.9. The fourth-order valence-electron chi connectivity index (χ4n) is 5.13. The number of hydrogen-bond acceptors (Lipinski definition) is 7. The molecule has 9 nitrogen and oxygen atoms in total. The number of alkyl halides is 3. The van der Waals surface area contributed by atoms with Crippen LogP contribution in [0.4, 0.5) is 29.1 Å². The largest absolute Gasteiger partial charge is 0.483 e. The molecule has 1 aromatic heterocycles.